The largest absolute Gasteiger partial charge is 0.490 e. The maximum Gasteiger partial charge on any atom is 0.217 e. The molecule has 2 saturated carbocycles. The van der Waals surface area contributed by atoms with Crippen LogP contribution in [-0.2, 0) is 17.6 Å². The normalized spacial score (nSPS) is 25.6. The Hall–Kier alpha value is -2.50. The van der Waals surface area contributed by atoms with Crippen molar-refractivity contribution in [3.8, 4) is 5.75 Å². The van der Waals surface area contributed by atoms with Crippen molar-refractivity contribution in [2.45, 2.75) is 97.1 Å². The zero-order chi connectivity index (χ0) is 24.8. The molecule has 2 fully saturated rings. The number of rotatable bonds is 8. The highest BCUT2D eigenvalue weighted by atomic mass is 19.1. The molecule has 1 aromatic heterocycles. The molecule has 1 N–H and O–H groups in total. The highest BCUT2D eigenvalue weighted by Gasteiger charge is 2.28. The lowest BCUT2D eigenvalue weighted by Crippen LogP contribution is -2.23. The Morgan fingerprint density at radius 3 is 2.63 bits per heavy atom. The summed E-state index contributed by atoms with van der Waals surface area (Å²) in [7, 11) is 0. The number of carbonyl (C=O) groups is 1. The van der Waals surface area contributed by atoms with Crippen molar-refractivity contribution in [2.75, 3.05) is 0 Å². The minimum absolute atomic E-state index is 0.0313. The molecule has 6 heteroatoms. The molecule has 5 unspecified atom stereocenters. The fraction of sp³-hybridized carbons (Fsp3) is 0.621. The van der Waals surface area contributed by atoms with E-state index in [4.69, 9.17) is 4.74 Å². The predicted octanol–water partition coefficient (Wildman–Crippen LogP) is 6.36. The van der Waals surface area contributed by atoms with E-state index in [0.29, 0.717) is 24.0 Å². The molecule has 4 rings (SSSR count). The lowest BCUT2D eigenvalue weighted by molar-refractivity contribution is -0.119. The second-order valence-corrected chi connectivity index (χ2v) is 10.9. The zero-order valence-electron chi connectivity index (χ0n) is 21.4. The summed E-state index contributed by atoms with van der Waals surface area (Å²) in [6, 6.07) is 7.89. The standard InChI is InChI=1S/C29H40FN3O2/c1-19-5-4-6-22(8-7-19)17-29-31-18-27(30)28(33-29)16-23-9-12-26(15-23)35-25-13-10-24(11-14-25)20(2)32-21(3)34/h10-11,13-14,18-20,22-23,26H,4-9,12,15-17H2,1-3H3,(H,32,34). The second-order valence-electron chi connectivity index (χ2n) is 10.9. The van der Waals surface area contributed by atoms with Crippen LogP contribution in [0.4, 0.5) is 4.39 Å². The van der Waals surface area contributed by atoms with Gasteiger partial charge in [0.2, 0.25) is 5.91 Å². The first-order valence-electron chi connectivity index (χ1n) is 13.4. The van der Waals surface area contributed by atoms with Crippen molar-refractivity contribution in [1.82, 2.24) is 15.3 Å². The number of nitrogens with zero attached hydrogens (tertiary/aromatic N) is 2. The monoisotopic (exact) mass is 481 g/mol. The number of hydrogen-bond acceptors (Lipinski definition) is 4. The molecule has 35 heavy (non-hydrogen) atoms. The molecule has 1 amide bonds. The molecule has 0 saturated heterocycles. The van der Waals surface area contributed by atoms with Crippen LogP contribution in [0.2, 0.25) is 0 Å². The molecule has 2 aliphatic rings. The number of hydrogen-bond donors (Lipinski definition) is 1. The zero-order valence-corrected chi connectivity index (χ0v) is 21.4. The minimum atomic E-state index is -0.281. The van der Waals surface area contributed by atoms with Gasteiger partial charge in [-0.1, -0.05) is 44.7 Å². The first kappa shape index (κ1) is 25.6. The van der Waals surface area contributed by atoms with E-state index >= 15 is 0 Å². The van der Waals surface area contributed by atoms with Crippen LogP contribution in [0, 0.1) is 23.6 Å². The van der Waals surface area contributed by atoms with E-state index in [0.717, 1.165) is 48.7 Å². The molecule has 5 atom stereocenters. The number of ether oxygens (including phenoxy) is 1. The van der Waals surface area contributed by atoms with E-state index in [-0.39, 0.29) is 23.9 Å². The summed E-state index contributed by atoms with van der Waals surface area (Å²) in [5.41, 5.74) is 1.62. The highest BCUT2D eigenvalue weighted by Crippen LogP contribution is 2.33. The van der Waals surface area contributed by atoms with Crippen LogP contribution in [0.3, 0.4) is 0 Å². The van der Waals surface area contributed by atoms with Gasteiger partial charge in [0.25, 0.3) is 0 Å². The van der Waals surface area contributed by atoms with E-state index in [1.54, 1.807) is 0 Å². The van der Waals surface area contributed by atoms with E-state index < -0.39 is 0 Å². The number of amides is 1. The van der Waals surface area contributed by atoms with Gasteiger partial charge >= 0.3 is 0 Å². The van der Waals surface area contributed by atoms with Gasteiger partial charge in [-0.05, 0) is 74.5 Å². The quantitative estimate of drug-likeness (QED) is 0.446. The number of aromatic nitrogens is 2. The summed E-state index contributed by atoms with van der Waals surface area (Å²) in [5.74, 6) is 3.12. The van der Waals surface area contributed by atoms with Crippen molar-refractivity contribution < 1.29 is 13.9 Å². The van der Waals surface area contributed by atoms with Crippen LogP contribution >= 0.6 is 0 Å². The Morgan fingerprint density at radius 2 is 1.86 bits per heavy atom. The average molecular weight is 482 g/mol. The van der Waals surface area contributed by atoms with Crippen molar-refractivity contribution >= 4 is 5.91 Å². The third kappa shape index (κ3) is 7.49. The summed E-state index contributed by atoms with van der Waals surface area (Å²) in [6.45, 7) is 5.84. The van der Waals surface area contributed by atoms with Crippen LogP contribution in [0.5, 0.6) is 5.75 Å². The lowest BCUT2D eigenvalue weighted by Gasteiger charge is -2.17. The number of nitrogens with one attached hydrogen (secondary N) is 1. The molecular weight excluding hydrogens is 441 g/mol. The number of carbonyl (C=O) groups excluding carboxylic acids is 1. The fourth-order valence-corrected chi connectivity index (χ4v) is 5.72. The van der Waals surface area contributed by atoms with Crippen molar-refractivity contribution in [3.63, 3.8) is 0 Å². The molecule has 190 valence electrons. The van der Waals surface area contributed by atoms with Gasteiger partial charge in [0.1, 0.15) is 11.6 Å². The summed E-state index contributed by atoms with van der Waals surface area (Å²) >= 11 is 0. The topological polar surface area (TPSA) is 64.1 Å². The smallest absolute Gasteiger partial charge is 0.217 e. The number of halogens is 1. The SMILES string of the molecule is CC(=O)NC(C)c1ccc(OC2CCC(Cc3nc(CC4CCCC(C)CC4)ncc3F)C2)cc1. The molecule has 2 aromatic rings. The van der Waals surface area contributed by atoms with E-state index in [1.807, 2.05) is 31.2 Å². The molecule has 0 aliphatic heterocycles. The average Bonchev–Trinajstić information content (AvgIpc) is 3.15. The lowest BCUT2D eigenvalue weighted by atomic mass is 9.95. The fourth-order valence-electron chi connectivity index (χ4n) is 5.72. The van der Waals surface area contributed by atoms with E-state index in [9.17, 15) is 9.18 Å². The maximum absolute atomic E-state index is 14.6. The molecule has 0 bridgehead atoms. The maximum atomic E-state index is 14.6. The third-order valence-electron chi connectivity index (χ3n) is 7.79. The Balaban J connectivity index is 1.29. The highest BCUT2D eigenvalue weighted by molar-refractivity contribution is 5.73. The summed E-state index contributed by atoms with van der Waals surface area (Å²) in [4.78, 5) is 20.3. The molecular formula is C29H40FN3O2. The Kier molecular flexibility index (Phi) is 8.74. The van der Waals surface area contributed by atoms with Crippen LogP contribution < -0.4 is 10.1 Å². The van der Waals surface area contributed by atoms with Crippen LogP contribution in [0.25, 0.3) is 0 Å². The minimum Gasteiger partial charge on any atom is -0.490 e. The number of benzene rings is 1. The first-order valence-corrected chi connectivity index (χ1v) is 13.4. The van der Waals surface area contributed by atoms with E-state index in [1.165, 1.54) is 45.2 Å². The second kappa shape index (κ2) is 12.0. The Morgan fingerprint density at radius 1 is 1.09 bits per heavy atom. The van der Waals surface area contributed by atoms with Gasteiger partial charge in [0.15, 0.2) is 5.82 Å². The van der Waals surface area contributed by atoms with Crippen LogP contribution in [-0.4, -0.2) is 22.0 Å². The van der Waals surface area contributed by atoms with Crippen molar-refractivity contribution in [3.05, 3.63) is 53.4 Å². The Bertz CT molecular complexity index is 980. The summed E-state index contributed by atoms with van der Waals surface area (Å²) in [5, 5.41) is 2.90. The van der Waals surface area contributed by atoms with Gasteiger partial charge in [-0.3, -0.25) is 4.79 Å². The van der Waals surface area contributed by atoms with Crippen LogP contribution in [0.15, 0.2) is 30.5 Å². The van der Waals surface area contributed by atoms with Crippen molar-refractivity contribution in [2.24, 2.45) is 17.8 Å². The summed E-state index contributed by atoms with van der Waals surface area (Å²) in [6.07, 6.45) is 12.3. The van der Waals surface area contributed by atoms with Gasteiger partial charge < -0.3 is 10.1 Å². The van der Waals surface area contributed by atoms with E-state index in [2.05, 4.69) is 22.2 Å². The molecule has 1 aromatic carbocycles. The van der Waals surface area contributed by atoms with Gasteiger partial charge in [0, 0.05) is 13.3 Å². The van der Waals surface area contributed by atoms with Gasteiger partial charge in [0.05, 0.1) is 24.0 Å². The predicted molar refractivity (Wildman–Crippen MR) is 136 cm³/mol. The molecule has 5 nitrogen and oxygen atoms in total. The molecule has 1 heterocycles. The molecule has 2 aliphatic carbocycles. The molecule has 0 radical (unpaired) electrons. The van der Waals surface area contributed by atoms with Crippen molar-refractivity contribution in [1.29, 1.82) is 0 Å². The van der Waals surface area contributed by atoms with Gasteiger partial charge in [-0.2, -0.15) is 0 Å². The molecule has 0 spiro atoms. The van der Waals surface area contributed by atoms with Gasteiger partial charge in [-0.25, -0.2) is 14.4 Å². The van der Waals surface area contributed by atoms with Crippen LogP contribution in [0.1, 0.15) is 95.3 Å². The first-order chi connectivity index (χ1) is 16.9. The van der Waals surface area contributed by atoms with Gasteiger partial charge in [-0.15, -0.1) is 0 Å². The third-order valence-corrected chi connectivity index (χ3v) is 7.79. The summed E-state index contributed by atoms with van der Waals surface area (Å²) < 4.78 is 20.8. The Labute approximate surface area is 209 Å².